The van der Waals surface area contributed by atoms with Gasteiger partial charge in [-0.2, -0.15) is 0 Å². The van der Waals surface area contributed by atoms with E-state index in [1.165, 1.54) is 55.6 Å². The molecule has 0 saturated carbocycles. The van der Waals surface area contributed by atoms with E-state index in [-0.39, 0.29) is 5.41 Å². The molecule has 4 nitrogen and oxygen atoms in total. The number of furan rings is 1. The summed E-state index contributed by atoms with van der Waals surface area (Å²) in [5.74, 6) is 1.90. The molecular formula is C60H39N3O. The Morgan fingerprint density at radius 1 is 0.344 bits per heavy atom. The summed E-state index contributed by atoms with van der Waals surface area (Å²) in [6.45, 7) is 0. The molecule has 0 N–H and O–H groups in total. The smallest absolute Gasteiger partial charge is 0.164 e. The second kappa shape index (κ2) is 14.4. The monoisotopic (exact) mass is 817 g/mol. The first-order valence-corrected chi connectivity index (χ1v) is 22.1. The van der Waals surface area contributed by atoms with Crippen LogP contribution in [-0.2, 0) is 18.3 Å². The lowest BCUT2D eigenvalue weighted by Gasteiger charge is -2.32. The third-order valence-corrected chi connectivity index (χ3v) is 13.5. The summed E-state index contributed by atoms with van der Waals surface area (Å²) < 4.78 is 6.32. The van der Waals surface area contributed by atoms with Crippen LogP contribution in [0.15, 0.2) is 217 Å². The lowest BCUT2D eigenvalue weighted by atomic mass is 9.69. The van der Waals surface area contributed by atoms with Crippen molar-refractivity contribution in [3.63, 3.8) is 0 Å². The average molecular weight is 818 g/mol. The highest BCUT2D eigenvalue weighted by Gasteiger charge is 2.52. The highest BCUT2D eigenvalue weighted by molar-refractivity contribution is 6.06. The van der Waals surface area contributed by atoms with E-state index >= 15 is 0 Å². The molecule has 1 spiro atoms. The summed E-state index contributed by atoms with van der Waals surface area (Å²) in [4.78, 5) is 15.6. The van der Waals surface area contributed by atoms with Crippen LogP contribution in [0.5, 0.6) is 0 Å². The summed E-state index contributed by atoms with van der Waals surface area (Å²) in [5, 5.41) is 2.21. The molecule has 0 saturated heterocycles. The van der Waals surface area contributed by atoms with Crippen LogP contribution < -0.4 is 0 Å². The third kappa shape index (κ3) is 5.52. The van der Waals surface area contributed by atoms with Crippen molar-refractivity contribution in [1.82, 2.24) is 15.0 Å². The maximum absolute atomic E-state index is 6.32. The van der Waals surface area contributed by atoms with Crippen LogP contribution in [0.4, 0.5) is 0 Å². The van der Waals surface area contributed by atoms with Crippen LogP contribution in [0.3, 0.4) is 0 Å². The predicted molar refractivity (Wildman–Crippen MR) is 259 cm³/mol. The Labute approximate surface area is 371 Å². The van der Waals surface area contributed by atoms with Gasteiger partial charge in [0.2, 0.25) is 0 Å². The number of hydrogen-bond donors (Lipinski definition) is 0. The van der Waals surface area contributed by atoms with Crippen LogP contribution in [-0.4, -0.2) is 15.0 Å². The van der Waals surface area contributed by atoms with Gasteiger partial charge in [-0.15, -0.1) is 0 Å². The lowest BCUT2D eigenvalue weighted by Crippen LogP contribution is -2.27. The zero-order valence-electron chi connectivity index (χ0n) is 34.9. The highest BCUT2D eigenvalue weighted by atomic mass is 16.3. The van der Waals surface area contributed by atoms with Crippen molar-refractivity contribution in [1.29, 1.82) is 0 Å². The molecule has 0 bridgehead atoms. The van der Waals surface area contributed by atoms with Gasteiger partial charge in [-0.05, 0) is 104 Å². The fourth-order valence-electron chi connectivity index (χ4n) is 10.8. The van der Waals surface area contributed by atoms with Crippen LogP contribution in [0, 0.1) is 0 Å². The van der Waals surface area contributed by atoms with Gasteiger partial charge in [-0.25, -0.2) is 15.0 Å². The first-order valence-electron chi connectivity index (χ1n) is 22.1. The van der Waals surface area contributed by atoms with E-state index in [0.717, 1.165) is 62.6 Å². The minimum atomic E-state index is -0.374. The van der Waals surface area contributed by atoms with Gasteiger partial charge in [0.05, 0.1) is 5.41 Å². The van der Waals surface area contributed by atoms with Gasteiger partial charge >= 0.3 is 0 Å². The fourth-order valence-corrected chi connectivity index (χ4v) is 10.8. The SMILES string of the molecule is c1ccc(-c2nc(-c3cccc(CCc4cccc5c4C4(c6ccccc6-c6ccccc64)c4ccccc4-5)c3)nc(-c3ccccc3-c3ccc4c(c3)oc3ccccc34)n2)cc1. The Morgan fingerprint density at radius 2 is 0.891 bits per heavy atom. The van der Waals surface area contributed by atoms with Crippen molar-refractivity contribution in [3.8, 4) is 67.5 Å². The third-order valence-electron chi connectivity index (χ3n) is 13.5. The van der Waals surface area contributed by atoms with E-state index in [1.54, 1.807) is 0 Å². The summed E-state index contributed by atoms with van der Waals surface area (Å²) in [6.07, 6.45) is 1.74. The second-order valence-corrected chi connectivity index (χ2v) is 17.0. The number of hydrogen-bond acceptors (Lipinski definition) is 4. The Morgan fingerprint density at radius 3 is 1.64 bits per heavy atom. The normalized spacial score (nSPS) is 12.9. The van der Waals surface area contributed by atoms with Gasteiger partial charge < -0.3 is 4.42 Å². The molecule has 2 aromatic heterocycles. The Balaban J connectivity index is 0.896. The Hall–Kier alpha value is -8.21. The van der Waals surface area contributed by atoms with Gasteiger partial charge in [0.15, 0.2) is 17.5 Å². The first kappa shape index (κ1) is 36.4. The minimum absolute atomic E-state index is 0.374. The van der Waals surface area contributed by atoms with Crippen molar-refractivity contribution in [3.05, 3.63) is 246 Å². The van der Waals surface area contributed by atoms with Crippen molar-refractivity contribution < 1.29 is 4.42 Å². The maximum Gasteiger partial charge on any atom is 0.164 e. The molecule has 64 heavy (non-hydrogen) atoms. The molecule has 0 amide bonds. The first-order chi connectivity index (χ1) is 31.7. The number of aromatic nitrogens is 3. The summed E-state index contributed by atoms with van der Waals surface area (Å²) in [6, 6.07) is 76.0. The number of benzene rings is 9. The number of para-hydroxylation sites is 1. The quantitative estimate of drug-likeness (QED) is 0.161. The lowest BCUT2D eigenvalue weighted by molar-refractivity contribution is 0.669. The summed E-state index contributed by atoms with van der Waals surface area (Å²) in [7, 11) is 0. The Bertz CT molecular complexity index is 3580. The Kier molecular flexibility index (Phi) is 8.22. The molecule has 2 aliphatic carbocycles. The molecule has 2 aliphatic rings. The zero-order valence-corrected chi connectivity index (χ0v) is 34.9. The molecule has 0 atom stereocenters. The number of nitrogens with zero attached hydrogens (tertiary/aromatic N) is 3. The van der Waals surface area contributed by atoms with Crippen LogP contribution in [0.25, 0.3) is 89.5 Å². The molecule has 300 valence electrons. The summed E-state index contributed by atoms with van der Waals surface area (Å²) in [5.41, 5.74) is 19.7. The number of rotatable bonds is 7. The van der Waals surface area contributed by atoms with Crippen molar-refractivity contribution >= 4 is 21.9 Å². The minimum Gasteiger partial charge on any atom is -0.456 e. The van der Waals surface area contributed by atoms with E-state index in [2.05, 4.69) is 182 Å². The number of fused-ring (bicyclic) bond motifs is 13. The molecule has 2 heterocycles. The predicted octanol–water partition coefficient (Wildman–Crippen LogP) is 14.6. The van der Waals surface area contributed by atoms with E-state index in [1.807, 2.05) is 30.3 Å². The van der Waals surface area contributed by atoms with Crippen LogP contribution in [0.2, 0.25) is 0 Å². The van der Waals surface area contributed by atoms with Gasteiger partial charge in [0.1, 0.15) is 11.2 Å². The van der Waals surface area contributed by atoms with Crippen molar-refractivity contribution in [2.24, 2.45) is 0 Å². The van der Waals surface area contributed by atoms with Gasteiger partial charge in [0, 0.05) is 27.5 Å². The van der Waals surface area contributed by atoms with E-state index in [4.69, 9.17) is 19.4 Å². The van der Waals surface area contributed by atoms with Crippen LogP contribution >= 0.6 is 0 Å². The van der Waals surface area contributed by atoms with Crippen molar-refractivity contribution in [2.45, 2.75) is 18.3 Å². The van der Waals surface area contributed by atoms with Gasteiger partial charge in [0.25, 0.3) is 0 Å². The topological polar surface area (TPSA) is 51.8 Å². The zero-order chi connectivity index (χ0) is 42.2. The standard InChI is InChI=1S/C60H39N3O/c1-2-17-40(18-3-1)57-61-58(63-59(62-57)50-26-5-4-21-43(50)41-34-35-48-47-25-9-13-31-54(47)64-55(48)37-41)42-20-14-16-38(36-42)32-33-39-19-15-27-49-46-24-8-12-30-53(46)60(56(39)49)51-28-10-6-22-44(51)45-23-7-11-29-52(45)60/h1-31,34-37H,32-33H2. The molecule has 4 heteroatoms. The van der Waals surface area contributed by atoms with Crippen molar-refractivity contribution in [2.75, 3.05) is 0 Å². The molecule has 13 rings (SSSR count). The molecule has 0 fully saturated rings. The molecule has 11 aromatic rings. The van der Waals surface area contributed by atoms with E-state index in [9.17, 15) is 0 Å². The van der Waals surface area contributed by atoms with E-state index < -0.39 is 0 Å². The molecular weight excluding hydrogens is 779 g/mol. The molecule has 0 radical (unpaired) electrons. The molecule has 9 aromatic carbocycles. The average Bonchev–Trinajstić information content (AvgIpc) is 4.00. The maximum atomic E-state index is 6.32. The van der Waals surface area contributed by atoms with Gasteiger partial charge in [-0.1, -0.05) is 188 Å². The molecule has 0 aliphatic heterocycles. The van der Waals surface area contributed by atoms with Crippen LogP contribution in [0.1, 0.15) is 33.4 Å². The highest BCUT2D eigenvalue weighted by Crippen LogP contribution is 2.63. The largest absolute Gasteiger partial charge is 0.456 e. The summed E-state index contributed by atoms with van der Waals surface area (Å²) >= 11 is 0. The second-order valence-electron chi connectivity index (χ2n) is 17.0. The fraction of sp³-hybridized carbons (Fsp3) is 0.0500. The number of aryl methyl sites for hydroxylation is 2. The molecule has 0 unspecified atom stereocenters. The van der Waals surface area contributed by atoms with Gasteiger partial charge in [-0.3, -0.25) is 0 Å². The van der Waals surface area contributed by atoms with E-state index in [0.29, 0.717) is 17.5 Å².